The zero-order valence-corrected chi connectivity index (χ0v) is 16.3. The number of hydrogen-bond donors (Lipinski definition) is 2. The molecule has 1 aliphatic heterocycles. The number of nitrogens with zero attached hydrogens (tertiary/aromatic N) is 2. The number of rotatable bonds is 3. The van der Waals surface area contributed by atoms with Crippen LogP contribution in [0.15, 0.2) is 71.0 Å². The number of hydrogen-bond acceptors (Lipinski definition) is 3. The summed E-state index contributed by atoms with van der Waals surface area (Å²) in [7, 11) is 1.77. The van der Waals surface area contributed by atoms with E-state index in [2.05, 4.69) is 9.98 Å². The highest BCUT2D eigenvalue weighted by Crippen LogP contribution is 2.29. The molecule has 0 radical (unpaired) electrons. The van der Waals surface area contributed by atoms with E-state index in [0.717, 1.165) is 27.8 Å². The minimum atomic E-state index is -0.0731. The van der Waals surface area contributed by atoms with E-state index in [4.69, 9.17) is 17.3 Å². The molecule has 1 aromatic heterocycles. The molecule has 0 saturated heterocycles. The first-order chi connectivity index (χ1) is 13.6. The number of fused-ring (bicyclic) bond motifs is 1. The third-order valence-corrected chi connectivity index (χ3v) is 5.42. The highest BCUT2D eigenvalue weighted by molar-refractivity contribution is 6.36. The lowest BCUT2D eigenvalue weighted by Gasteiger charge is -2.30. The summed E-state index contributed by atoms with van der Waals surface area (Å²) in [6, 6.07) is 15.5. The molecule has 1 aliphatic rings. The maximum absolute atomic E-state index is 13.1. The van der Waals surface area contributed by atoms with E-state index >= 15 is 0 Å². The van der Waals surface area contributed by atoms with Crippen LogP contribution in [0.25, 0.3) is 10.9 Å². The Morgan fingerprint density at radius 2 is 1.96 bits per heavy atom. The minimum Gasteiger partial charge on any atom is -0.400 e. The van der Waals surface area contributed by atoms with Gasteiger partial charge in [0.15, 0.2) is 0 Å². The van der Waals surface area contributed by atoms with Gasteiger partial charge < -0.3 is 15.6 Å². The SMILES string of the molecule is CN=C(C1=C(N)CN(C(=O)c2c[nH]c3cccc(Cl)c23)CC1)c1ccccc1. The van der Waals surface area contributed by atoms with Gasteiger partial charge in [0.25, 0.3) is 5.91 Å². The van der Waals surface area contributed by atoms with Crippen molar-refractivity contribution < 1.29 is 4.79 Å². The molecule has 4 rings (SSSR count). The molecule has 0 bridgehead atoms. The number of carbonyl (C=O) groups is 1. The molecule has 3 N–H and O–H groups in total. The molecule has 0 saturated carbocycles. The van der Waals surface area contributed by atoms with Gasteiger partial charge in [-0.2, -0.15) is 0 Å². The number of benzene rings is 2. The number of nitrogens with two attached hydrogens (primary N) is 1. The van der Waals surface area contributed by atoms with Gasteiger partial charge in [-0.3, -0.25) is 9.79 Å². The number of aliphatic imine (C=N–C) groups is 1. The molecule has 6 heteroatoms. The van der Waals surface area contributed by atoms with E-state index in [1.807, 2.05) is 42.5 Å². The zero-order valence-electron chi connectivity index (χ0n) is 15.6. The van der Waals surface area contributed by atoms with Gasteiger partial charge in [-0.1, -0.05) is 48.0 Å². The molecule has 2 aromatic carbocycles. The predicted octanol–water partition coefficient (Wildman–Crippen LogP) is 4.00. The van der Waals surface area contributed by atoms with E-state index in [1.54, 1.807) is 24.2 Å². The van der Waals surface area contributed by atoms with E-state index < -0.39 is 0 Å². The van der Waals surface area contributed by atoms with Crippen LogP contribution >= 0.6 is 11.6 Å². The topological polar surface area (TPSA) is 74.5 Å². The average molecular weight is 393 g/mol. The first kappa shape index (κ1) is 18.3. The molecular formula is C22H21ClN4O. The maximum Gasteiger partial charge on any atom is 0.256 e. The fourth-order valence-electron chi connectivity index (χ4n) is 3.74. The van der Waals surface area contributed by atoms with Gasteiger partial charge >= 0.3 is 0 Å². The summed E-state index contributed by atoms with van der Waals surface area (Å²) >= 11 is 6.33. The molecule has 2 heterocycles. The van der Waals surface area contributed by atoms with Crippen LogP contribution in [0.2, 0.25) is 5.02 Å². The van der Waals surface area contributed by atoms with Crippen LogP contribution in [-0.4, -0.2) is 41.6 Å². The summed E-state index contributed by atoms with van der Waals surface area (Å²) in [4.78, 5) is 22.5. The van der Waals surface area contributed by atoms with Gasteiger partial charge in [0, 0.05) is 42.0 Å². The van der Waals surface area contributed by atoms with Crippen molar-refractivity contribution in [2.24, 2.45) is 10.7 Å². The van der Waals surface area contributed by atoms with E-state index in [-0.39, 0.29) is 5.91 Å². The zero-order chi connectivity index (χ0) is 19.7. The second-order valence-corrected chi connectivity index (χ2v) is 7.19. The molecule has 3 aromatic rings. The third-order valence-electron chi connectivity index (χ3n) is 5.11. The van der Waals surface area contributed by atoms with Crippen molar-refractivity contribution in [2.75, 3.05) is 20.1 Å². The number of aromatic nitrogens is 1. The van der Waals surface area contributed by atoms with Crippen LogP contribution in [0.4, 0.5) is 0 Å². The fraction of sp³-hybridized carbons (Fsp3) is 0.182. The number of aromatic amines is 1. The van der Waals surface area contributed by atoms with Gasteiger partial charge in [-0.15, -0.1) is 0 Å². The normalized spacial score (nSPS) is 15.4. The van der Waals surface area contributed by atoms with Crippen molar-refractivity contribution in [1.82, 2.24) is 9.88 Å². The molecule has 0 aliphatic carbocycles. The minimum absolute atomic E-state index is 0.0731. The lowest BCUT2D eigenvalue weighted by atomic mass is 9.95. The molecule has 28 heavy (non-hydrogen) atoms. The Labute approximate surface area is 168 Å². The second-order valence-electron chi connectivity index (χ2n) is 6.78. The number of H-pyrrole nitrogens is 1. The monoisotopic (exact) mass is 392 g/mol. The third kappa shape index (κ3) is 3.18. The van der Waals surface area contributed by atoms with Crippen LogP contribution in [0.1, 0.15) is 22.3 Å². The van der Waals surface area contributed by atoms with Crippen LogP contribution in [0, 0.1) is 0 Å². The van der Waals surface area contributed by atoms with E-state index in [1.165, 1.54) is 0 Å². The number of halogens is 1. The number of carbonyl (C=O) groups excluding carboxylic acids is 1. The van der Waals surface area contributed by atoms with E-state index in [9.17, 15) is 4.79 Å². The lowest BCUT2D eigenvalue weighted by Crippen LogP contribution is -2.40. The quantitative estimate of drug-likeness (QED) is 0.661. The first-order valence-corrected chi connectivity index (χ1v) is 9.53. The number of amides is 1. The van der Waals surface area contributed by atoms with Gasteiger partial charge in [-0.25, -0.2) is 0 Å². The highest BCUT2D eigenvalue weighted by atomic mass is 35.5. The van der Waals surface area contributed by atoms with Gasteiger partial charge in [0.2, 0.25) is 0 Å². The molecule has 1 amide bonds. The molecule has 5 nitrogen and oxygen atoms in total. The molecule has 0 spiro atoms. The van der Waals surface area contributed by atoms with Gasteiger partial charge in [0.05, 0.1) is 22.8 Å². The van der Waals surface area contributed by atoms with Crippen molar-refractivity contribution in [1.29, 1.82) is 0 Å². The molecule has 142 valence electrons. The summed E-state index contributed by atoms with van der Waals surface area (Å²) in [5.74, 6) is -0.0731. The standard InChI is InChI=1S/C22H21ClN4O/c1-25-21(14-6-3-2-4-7-14)15-10-11-27(13-18(15)24)22(28)16-12-26-19-9-5-8-17(23)20(16)19/h2-9,12,26H,10-11,13,24H2,1H3. The molecule has 0 atom stereocenters. The highest BCUT2D eigenvalue weighted by Gasteiger charge is 2.27. The molecule has 0 fully saturated rings. The van der Waals surface area contributed by atoms with Crippen molar-refractivity contribution in [3.63, 3.8) is 0 Å². The van der Waals surface area contributed by atoms with Crippen molar-refractivity contribution in [2.45, 2.75) is 6.42 Å². The Bertz CT molecular complexity index is 1100. The average Bonchev–Trinajstić information content (AvgIpc) is 3.15. The van der Waals surface area contributed by atoms with Crippen LogP contribution in [0.5, 0.6) is 0 Å². The lowest BCUT2D eigenvalue weighted by molar-refractivity contribution is 0.0766. The summed E-state index contributed by atoms with van der Waals surface area (Å²) in [5, 5.41) is 1.32. The largest absolute Gasteiger partial charge is 0.400 e. The van der Waals surface area contributed by atoms with Crippen LogP contribution in [-0.2, 0) is 0 Å². The predicted molar refractivity (Wildman–Crippen MR) is 114 cm³/mol. The Morgan fingerprint density at radius 1 is 1.18 bits per heavy atom. The van der Waals surface area contributed by atoms with Gasteiger partial charge in [-0.05, 0) is 24.1 Å². The summed E-state index contributed by atoms with van der Waals surface area (Å²) in [6.45, 7) is 0.953. The smallest absolute Gasteiger partial charge is 0.256 e. The Morgan fingerprint density at radius 3 is 2.68 bits per heavy atom. The van der Waals surface area contributed by atoms with Crippen molar-refractivity contribution in [3.05, 3.63) is 82.1 Å². The molecule has 0 unspecified atom stereocenters. The Hall–Kier alpha value is -3.05. The van der Waals surface area contributed by atoms with Crippen molar-refractivity contribution in [3.8, 4) is 0 Å². The molecular weight excluding hydrogens is 372 g/mol. The van der Waals surface area contributed by atoms with Crippen molar-refractivity contribution >= 4 is 34.1 Å². The summed E-state index contributed by atoms with van der Waals surface area (Å²) in [6.07, 6.45) is 2.38. The van der Waals surface area contributed by atoms with Crippen LogP contribution in [0.3, 0.4) is 0 Å². The van der Waals surface area contributed by atoms with E-state index in [0.29, 0.717) is 35.8 Å². The first-order valence-electron chi connectivity index (χ1n) is 9.15. The Balaban J connectivity index is 1.62. The fourth-order valence-corrected chi connectivity index (χ4v) is 4.02. The van der Waals surface area contributed by atoms with Gasteiger partial charge in [0.1, 0.15) is 0 Å². The maximum atomic E-state index is 13.1. The summed E-state index contributed by atoms with van der Waals surface area (Å²) < 4.78 is 0. The van der Waals surface area contributed by atoms with Crippen LogP contribution < -0.4 is 5.73 Å². The Kier molecular flexibility index (Phi) is 4.92. The summed E-state index contributed by atoms with van der Waals surface area (Å²) in [5.41, 5.74) is 11.4. The second kappa shape index (κ2) is 7.52. The number of nitrogens with one attached hydrogen (secondary N) is 1.